The number of ether oxygens (including phenoxy) is 1. The molecule has 162 valence electrons. The molecule has 1 aliphatic rings. The number of carbonyl (C=O) groups is 1. The lowest BCUT2D eigenvalue weighted by atomic mass is 10.1. The number of nitrogens with one attached hydrogen (secondary N) is 1. The fourth-order valence-corrected chi connectivity index (χ4v) is 3.35. The third kappa shape index (κ3) is 5.58. The predicted octanol–water partition coefficient (Wildman–Crippen LogP) is 4.52. The van der Waals surface area contributed by atoms with E-state index in [1.54, 1.807) is 24.3 Å². The maximum absolute atomic E-state index is 13.7. The number of hydrogen-bond donors (Lipinski definition) is 1. The number of carbonyl (C=O) groups excluding carboxylic acids is 1. The highest BCUT2D eigenvalue weighted by molar-refractivity contribution is 6.30. The highest BCUT2D eigenvalue weighted by Crippen LogP contribution is 2.37. The Balaban J connectivity index is 1.76. The molecule has 1 atom stereocenters. The Hall–Kier alpha value is -2.45. The van der Waals surface area contributed by atoms with Crippen LogP contribution in [0.1, 0.15) is 12.5 Å². The van der Waals surface area contributed by atoms with E-state index >= 15 is 0 Å². The number of halogens is 4. The van der Waals surface area contributed by atoms with Crippen LogP contribution in [-0.4, -0.2) is 50.1 Å². The SMILES string of the molecule is CC(Oc1cccc(Cl)c1)C(=O)Nc1ccc(N2CCN(C)CC2)cc1C(F)(F)F. The van der Waals surface area contributed by atoms with Gasteiger partial charge < -0.3 is 19.9 Å². The van der Waals surface area contributed by atoms with Gasteiger partial charge in [0, 0.05) is 36.9 Å². The second-order valence-corrected chi connectivity index (χ2v) is 7.66. The molecule has 0 aliphatic carbocycles. The van der Waals surface area contributed by atoms with Gasteiger partial charge in [0.1, 0.15) is 5.75 Å². The van der Waals surface area contributed by atoms with Gasteiger partial charge in [-0.15, -0.1) is 0 Å². The summed E-state index contributed by atoms with van der Waals surface area (Å²) < 4.78 is 46.5. The molecule has 0 aromatic heterocycles. The van der Waals surface area contributed by atoms with Crippen molar-refractivity contribution in [2.45, 2.75) is 19.2 Å². The minimum absolute atomic E-state index is 0.299. The van der Waals surface area contributed by atoms with Crippen molar-refractivity contribution in [3.8, 4) is 5.75 Å². The summed E-state index contributed by atoms with van der Waals surface area (Å²) in [6.07, 6.45) is -5.62. The van der Waals surface area contributed by atoms with Crippen molar-refractivity contribution in [2.24, 2.45) is 0 Å². The Kier molecular flexibility index (Phi) is 6.77. The summed E-state index contributed by atoms with van der Waals surface area (Å²) in [5, 5.41) is 2.77. The third-order valence-corrected chi connectivity index (χ3v) is 5.15. The van der Waals surface area contributed by atoms with Crippen LogP contribution in [0.4, 0.5) is 24.5 Å². The van der Waals surface area contributed by atoms with Crippen molar-refractivity contribution in [1.29, 1.82) is 0 Å². The van der Waals surface area contributed by atoms with E-state index in [4.69, 9.17) is 16.3 Å². The van der Waals surface area contributed by atoms with Gasteiger partial charge in [-0.2, -0.15) is 13.2 Å². The lowest BCUT2D eigenvalue weighted by Crippen LogP contribution is -2.44. The van der Waals surface area contributed by atoms with Gasteiger partial charge in [-0.3, -0.25) is 4.79 Å². The maximum atomic E-state index is 13.7. The summed E-state index contributed by atoms with van der Waals surface area (Å²) >= 11 is 5.88. The molecule has 5 nitrogen and oxygen atoms in total. The van der Waals surface area contributed by atoms with E-state index in [9.17, 15) is 18.0 Å². The number of piperazine rings is 1. The molecule has 1 heterocycles. The van der Waals surface area contributed by atoms with Gasteiger partial charge in [0.05, 0.1) is 11.3 Å². The molecule has 3 rings (SSSR count). The quantitative estimate of drug-likeness (QED) is 0.741. The van der Waals surface area contributed by atoms with E-state index in [1.807, 2.05) is 11.9 Å². The number of benzene rings is 2. The van der Waals surface area contributed by atoms with Crippen LogP contribution in [0.2, 0.25) is 5.02 Å². The molecule has 0 bridgehead atoms. The maximum Gasteiger partial charge on any atom is 0.418 e. The largest absolute Gasteiger partial charge is 0.481 e. The molecule has 9 heteroatoms. The molecule has 2 aromatic carbocycles. The minimum Gasteiger partial charge on any atom is -0.481 e. The monoisotopic (exact) mass is 441 g/mol. The first-order valence-corrected chi connectivity index (χ1v) is 9.89. The fraction of sp³-hybridized carbons (Fsp3) is 0.381. The second-order valence-electron chi connectivity index (χ2n) is 7.22. The van der Waals surface area contributed by atoms with Gasteiger partial charge in [0.15, 0.2) is 6.10 Å². The van der Waals surface area contributed by atoms with Gasteiger partial charge in [0.25, 0.3) is 5.91 Å². The summed E-state index contributed by atoms with van der Waals surface area (Å²) in [6, 6.07) is 10.4. The van der Waals surface area contributed by atoms with Crippen LogP contribution in [0, 0.1) is 0 Å². The van der Waals surface area contributed by atoms with Crippen LogP contribution < -0.4 is 15.0 Å². The topological polar surface area (TPSA) is 44.8 Å². The lowest BCUT2D eigenvalue weighted by Gasteiger charge is -2.34. The molecular weight excluding hydrogens is 419 g/mol. The number of alkyl halides is 3. The Labute approximate surface area is 178 Å². The highest BCUT2D eigenvalue weighted by atomic mass is 35.5. The zero-order valence-electron chi connectivity index (χ0n) is 16.7. The van der Waals surface area contributed by atoms with Crippen LogP contribution in [0.5, 0.6) is 5.75 Å². The Morgan fingerprint density at radius 2 is 1.83 bits per heavy atom. The fourth-order valence-electron chi connectivity index (χ4n) is 3.17. The van der Waals surface area contributed by atoms with E-state index in [0.29, 0.717) is 29.5 Å². The average molecular weight is 442 g/mol. The van der Waals surface area contributed by atoms with Gasteiger partial charge in [0.2, 0.25) is 0 Å². The van der Waals surface area contributed by atoms with Crippen LogP contribution in [0.3, 0.4) is 0 Å². The van der Waals surface area contributed by atoms with E-state index in [-0.39, 0.29) is 5.69 Å². The summed E-state index contributed by atoms with van der Waals surface area (Å²) in [4.78, 5) is 16.5. The molecule has 1 amide bonds. The van der Waals surface area contributed by atoms with E-state index < -0.39 is 23.8 Å². The molecule has 30 heavy (non-hydrogen) atoms. The molecule has 0 spiro atoms. The normalized spacial score (nSPS) is 16.3. The van der Waals surface area contributed by atoms with Crippen molar-refractivity contribution in [2.75, 3.05) is 43.4 Å². The van der Waals surface area contributed by atoms with Crippen LogP contribution in [0.15, 0.2) is 42.5 Å². The van der Waals surface area contributed by atoms with Crippen LogP contribution in [0.25, 0.3) is 0 Å². The first kappa shape index (κ1) is 22.2. The van der Waals surface area contributed by atoms with E-state index in [2.05, 4.69) is 10.2 Å². The molecule has 0 saturated carbocycles. The van der Waals surface area contributed by atoms with E-state index in [1.165, 1.54) is 19.1 Å². The smallest absolute Gasteiger partial charge is 0.418 e. The van der Waals surface area contributed by atoms with Crippen LogP contribution >= 0.6 is 11.6 Å². The zero-order chi connectivity index (χ0) is 21.9. The Morgan fingerprint density at radius 3 is 2.47 bits per heavy atom. The average Bonchev–Trinajstić information content (AvgIpc) is 2.68. The van der Waals surface area contributed by atoms with Crippen molar-refractivity contribution in [3.63, 3.8) is 0 Å². The standard InChI is InChI=1S/C21H23ClF3N3O2/c1-14(30-17-5-3-4-15(22)12-17)20(29)26-19-7-6-16(13-18(19)21(23,24)25)28-10-8-27(2)9-11-28/h3-7,12-14H,8-11H2,1-2H3,(H,26,29). The van der Waals surface area contributed by atoms with Gasteiger partial charge in [-0.25, -0.2) is 0 Å². The summed E-state index contributed by atoms with van der Waals surface area (Å²) in [6.45, 7) is 4.30. The van der Waals surface area contributed by atoms with Crippen molar-refractivity contribution in [3.05, 3.63) is 53.1 Å². The highest BCUT2D eigenvalue weighted by Gasteiger charge is 2.35. The molecule has 1 saturated heterocycles. The summed E-state index contributed by atoms with van der Waals surface area (Å²) in [7, 11) is 1.98. The molecule has 2 aromatic rings. The van der Waals surface area contributed by atoms with Crippen molar-refractivity contribution < 1.29 is 22.7 Å². The summed E-state index contributed by atoms with van der Waals surface area (Å²) in [5.74, 6) is -0.334. The number of anilines is 2. The minimum atomic E-state index is -4.61. The second kappa shape index (κ2) is 9.14. The van der Waals surface area contributed by atoms with Crippen molar-refractivity contribution >= 4 is 28.9 Å². The zero-order valence-corrected chi connectivity index (χ0v) is 17.4. The Morgan fingerprint density at radius 1 is 1.13 bits per heavy atom. The van der Waals surface area contributed by atoms with Crippen molar-refractivity contribution in [1.82, 2.24) is 4.90 Å². The predicted molar refractivity (Wildman–Crippen MR) is 111 cm³/mol. The molecule has 0 radical (unpaired) electrons. The number of hydrogen-bond acceptors (Lipinski definition) is 4. The van der Waals surface area contributed by atoms with Gasteiger partial charge in [-0.1, -0.05) is 17.7 Å². The van der Waals surface area contributed by atoms with Crippen LogP contribution in [-0.2, 0) is 11.0 Å². The number of nitrogens with zero attached hydrogens (tertiary/aromatic N) is 2. The molecule has 1 fully saturated rings. The lowest BCUT2D eigenvalue weighted by molar-refractivity contribution is -0.137. The molecule has 1 aliphatic heterocycles. The first-order chi connectivity index (χ1) is 14.1. The molecule has 1 N–H and O–H groups in total. The Bertz CT molecular complexity index is 899. The van der Waals surface area contributed by atoms with Gasteiger partial charge in [-0.05, 0) is 50.4 Å². The number of rotatable bonds is 5. The molecule has 1 unspecified atom stereocenters. The molecular formula is C21H23ClF3N3O2. The number of amides is 1. The van der Waals surface area contributed by atoms with Gasteiger partial charge >= 0.3 is 6.18 Å². The van der Waals surface area contributed by atoms with E-state index in [0.717, 1.165) is 19.2 Å². The third-order valence-electron chi connectivity index (χ3n) is 4.91. The first-order valence-electron chi connectivity index (χ1n) is 9.51. The number of likely N-dealkylation sites (N-methyl/N-ethyl adjacent to an activating group) is 1. The summed E-state index contributed by atoms with van der Waals surface area (Å²) in [5.41, 5.74) is -0.703.